The van der Waals surface area contributed by atoms with Crippen molar-refractivity contribution in [1.29, 1.82) is 0 Å². The standard InChI is InChI=1S/C15H23BrClNO3/c1-2-3-6-20-7-8-21-11-13(19)10-18-15-9-12(17)4-5-14(15)16/h4-5,9,13,18-19H,2-3,6-8,10-11H2,1H3. The number of halogens is 2. The summed E-state index contributed by atoms with van der Waals surface area (Å²) in [6, 6.07) is 5.47. The fraction of sp³-hybridized carbons (Fsp3) is 0.600. The summed E-state index contributed by atoms with van der Waals surface area (Å²) in [5.41, 5.74) is 0.851. The van der Waals surface area contributed by atoms with Gasteiger partial charge < -0.3 is 19.9 Å². The molecule has 0 aliphatic carbocycles. The molecule has 0 heterocycles. The van der Waals surface area contributed by atoms with Crippen LogP contribution in [0.1, 0.15) is 19.8 Å². The van der Waals surface area contributed by atoms with Crippen LogP contribution in [0.5, 0.6) is 0 Å². The lowest BCUT2D eigenvalue weighted by atomic mass is 10.3. The number of hydrogen-bond acceptors (Lipinski definition) is 4. The van der Waals surface area contributed by atoms with Crippen molar-refractivity contribution in [2.45, 2.75) is 25.9 Å². The van der Waals surface area contributed by atoms with Gasteiger partial charge >= 0.3 is 0 Å². The van der Waals surface area contributed by atoms with E-state index in [1.54, 1.807) is 12.1 Å². The van der Waals surface area contributed by atoms with Crippen molar-refractivity contribution in [3.8, 4) is 0 Å². The maximum atomic E-state index is 9.83. The molecule has 0 saturated heterocycles. The zero-order valence-corrected chi connectivity index (χ0v) is 14.6. The third-order valence-corrected chi connectivity index (χ3v) is 3.71. The van der Waals surface area contributed by atoms with Crippen molar-refractivity contribution in [3.05, 3.63) is 27.7 Å². The topological polar surface area (TPSA) is 50.7 Å². The van der Waals surface area contributed by atoms with Gasteiger partial charge in [-0.15, -0.1) is 0 Å². The van der Waals surface area contributed by atoms with Gasteiger partial charge in [-0.05, 0) is 40.5 Å². The highest BCUT2D eigenvalue weighted by Crippen LogP contribution is 2.25. The number of aliphatic hydroxyl groups excluding tert-OH is 1. The van der Waals surface area contributed by atoms with Crippen molar-refractivity contribution in [3.63, 3.8) is 0 Å². The van der Waals surface area contributed by atoms with E-state index in [-0.39, 0.29) is 6.61 Å². The molecule has 0 bridgehead atoms. The fourth-order valence-corrected chi connectivity index (χ4v) is 2.16. The van der Waals surface area contributed by atoms with Crippen LogP contribution in [0, 0.1) is 0 Å². The lowest BCUT2D eigenvalue weighted by Gasteiger charge is -2.14. The van der Waals surface area contributed by atoms with Gasteiger partial charge in [-0.3, -0.25) is 0 Å². The first-order valence-electron chi connectivity index (χ1n) is 7.16. The molecule has 21 heavy (non-hydrogen) atoms. The van der Waals surface area contributed by atoms with Crippen LogP contribution in [0.25, 0.3) is 0 Å². The number of nitrogens with one attached hydrogen (secondary N) is 1. The third kappa shape index (κ3) is 8.63. The van der Waals surface area contributed by atoms with Crippen LogP contribution in [0.15, 0.2) is 22.7 Å². The molecule has 120 valence electrons. The first-order valence-corrected chi connectivity index (χ1v) is 8.33. The molecule has 6 heteroatoms. The Morgan fingerprint density at radius 1 is 1.29 bits per heavy atom. The highest BCUT2D eigenvalue weighted by molar-refractivity contribution is 9.10. The Morgan fingerprint density at radius 2 is 2.05 bits per heavy atom. The Kier molecular flexibility index (Phi) is 10.0. The maximum Gasteiger partial charge on any atom is 0.0945 e. The molecule has 0 fully saturated rings. The van der Waals surface area contributed by atoms with Crippen molar-refractivity contribution < 1.29 is 14.6 Å². The number of hydrogen-bond donors (Lipinski definition) is 2. The van der Waals surface area contributed by atoms with Gasteiger partial charge in [0.1, 0.15) is 0 Å². The van der Waals surface area contributed by atoms with Crippen LogP contribution >= 0.6 is 27.5 Å². The zero-order valence-electron chi connectivity index (χ0n) is 12.3. The largest absolute Gasteiger partial charge is 0.389 e. The molecule has 0 saturated carbocycles. The molecule has 1 rings (SSSR count). The van der Waals surface area contributed by atoms with Gasteiger partial charge in [0, 0.05) is 28.3 Å². The van der Waals surface area contributed by atoms with Gasteiger partial charge in [0.15, 0.2) is 0 Å². The Labute approximate surface area is 139 Å². The predicted molar refractivity (Wildman–Crippen MR) is 90.2 cm³/mol. The van der Waals surface area contributed by atoms with Crippen LogP contribution in [0.4, 0.5) is 5.69 Å². The quantitative estimate of drug-likeness (QED) is 0.575. The van der Waals surface area contributed by atoms with Gasteiger partial charge in [0.2, 0.25) is 0 Å². The lowest BCUT2D eigenvalue weighted by molar-refractivity contribution is 0.00749. The van der Waals surface area contributed by atoms with E-state index in [0.717, 1.165) is 29.6 Å². The van der Waals surface area contributed by atoms with Gasteiger partial charge in [-0.25, -0.2) is 0 Å². The average Bonchev–Trinajstić information content (AvgIpc) is 2.47. The van der Waals surface area contributed by atoms with E-state index in [2.05, 4.69) is 28.2 Å². The number of unbranched alkanes of at least 4 members (excludes halogenated alkanes) is 1. The van der Waals surface area contributed by atoms with E-state index in [9.17, 15) is 5.11 Å². The van der Waals surface area contributed by atoms with E-state index in [4.69, 9.17) is 21.1 Å². The minimum atomic E-state index is -0.577. The molecule has 4 nitrogen and oxygen atoms in total. The minimum Gasteiger partial charge on any atom is -0.389 e. The third-order valence-electron chi connectivity index (χ3n) is 2.78. The fourth-order valence-electron chi connectivity index (χ4n) is 1.61. The van der Waals surface area contributed by atoms with Crippen molar-refractivity contribution in [2.75, 3.05) is 38.3 Å². The molecule has 0 aliphatic rings. The summed E-state index contributed by atoms with van der Waals surface area (Å²) in [6.07, 6.45) is 1.62. The van der Waals surface area contributed by atoms with Crippen LogP contribution < -0.4 is 5.32 Å². The van der Waals surface area contributed by atoms with Crippen molar-refractivity contribution in [1.82, 2.24) is 0 Å². The summed E-state index contributed by atoms with van der Waals surface area (Å²) in [5, 5.41) is 13.6. The number of aliphatic hydroxyl groups is 1. The maximum absolute atomic E-state index is 9.83. The Bertz CT molecular complexity index is 407. The van der Waals surface area contributed by atoms with Gasteiger partial charge in [-0.1, -0.05) is 24.9 Å². The van der Waals surface area contributed by atoms with E-state index in [0.29, 0.717) is 24.8 Å². The summed E-state index contributed by atoms with van der Waals surface area (Å²) < 4.78 is 11.6. The van der Waals surface area contributed by atoms with Crippen LogP contribution in [0.2, 0.25) is 5.02 Å². The van der Waals surface area contributed by atoms with Crippen LogP contribution in [-0.2, 0) is 9.47 Å². The van der Waals surface area contributed by atoms with Gasteiger partial charge in [0.05, 0.1) is 25.9 Å². The van der Waals surface area contributed by atoms with E-state index >= 15 is 0 Å². The molecular weight excluding hydrogens is 358 g/mol. The van der Waals surface area contributed by atoms with Gasteiger partial charge in [-0.2, -0.15) is 0 Å². The molecule has 1 aromatic carbocycles. The lowest BCUT2D eigenvalue weighted by Crippen LogP contribution is -2.25. The molecule has 1 aromatic rings. The summed E-state index contributed by atoms with van der Waals surface area (Å²) in [4.78, 5) is 0. The molecule has 0 aliphatic heterocycles. The van der Waals surface area contributed by atoms with E-state index in [1.807, 2.05) is 6.07 Å². The Morgan fingerprint density at radius 3 is 2.81 bits per heavy atom. The molecule has 1 unspecified atom stereocenters. The van der Waals surface area contributed by atoms with Crippen LogP contribution in [-0.4, -0.2) is 44.2 Å². The second-order valence-electron chi connectivity index (χ2n) is 4.70. The van der Waals surface area contributed by atoms with Crippen molar-refractivity contribution >= 4 is 33.2 Å². The number of benzene rings is 1. The first-order chi connectivity index (χ1) is 10.1. The minimum absolute atomic E-state index is 0.280. The predicted octanol–water partition coefficient (Wildman–Crippen LogP) is 3.71. The molecule has 0 aromatic heterocycles. The second-order valence-corrected chi connectivity index (χ2v) is 5.99. The van der Waals surface area contributed by atoms with Gasteiger partial charge in [0.25, 0.3) is 0 Å². The second kappa shape index (κ2) is 11.3. The SMILES string of the molecule is CCCCOCCOCC(O)CNc1cc(Cl)ccc1Br. The highest BCUT2D eigenvalue weighted by Gasteiger charge is 2.06. The average molecular weight is 381 g/mol. The van der Waals surface area contributed by atoms with E-state index in [1.165, 1.54) is 0 Å². The number of anilines is 1. The highest BCUT2D eigenvalue weighted by atomic mass is 79.9. The molecule has 1 atom stereocenters. The Balaban J connectivity index is 2.11. The van der Waals surface area contributed by atoms with E-state index < -0.39 is 6.10 Å². The number of rotatable bonds is 11. The smallest absolute Gasteiger partial charge is 0.0945 e. The summed E-state index contributed by atoms with van der Waals surface area (Å²) in [5.74, 6) is 0. The Hall–Kier alpha value is -0.330. The molecular formula is C15H23BrClNO3. The van der Waals surface area contributed by atoms with Crippen molar-refractivity contribution in [2.24, 2.45) is 0 Å². The number of ether oxygens (including phenoxy) is 2. The summed E-state index contributed by atoms with van der Waals surface area (Å²) >= 11 is 9.35. The summed E-state index contributed by atoms with van der Waals surface area (Å²) in [6.45, 7) is 4.65. The monoisotopic (exact) mass is 379 g/mol. The summed E-state index contributed by atoms with van der Waals surface area (Å²) in [7, 11) is 0. The van der Waals surface area contributed by atoms with Crippen LogP contribution in [0.3, 0.4) is 0 Å². The molecule has 0 radical (unpaired) electrons. The molecule has 0 spiro atoms. The first kappa shape index (κ1) is 18.7. The normalized spacial score (nSPS) is 12.4. The zero-order chi connectivity index (χ0) is 15.5. The molecule has 0 amide bonds. The molecule has 2 N–H and O–H groups in total.